The molecule has 3 N–H and O–H groups in total. The van der Waals surface area contributed by atoms with Gasteiger partial charge >= 0.3 is 0 Å². The Bertz CT molecular complexity index is 405. The second kappa shape index (κ2) is 2.92. The summed E-state index contributed by atoms with van der Waals surface area (Å²) in [4.78, 5) is 11.6. The van der Waals surface area contributed by atoms with Crippen molar-refractivity contribution >= 4 is 23.4 Å². The topological polar surface area (TPSA) is 55.1 Å². The van der Waals surface area contributed by atoms with Crippen molar-refractivity contribution in [3.05, 3.63) is 23.8 Å². The number of nitrogens with two attached hydrogens (primary N) is 1. The van der Waals surface area contributed by atoms with E-state index in [1.54, 1.807) is 6.92 Å². The first-order valence-electron chi connectivity index (χ1n) is 4.39. The third kappa shape index (κ3) is 1.35. The fourth-order valence-corrected chi connectivity index (χ4v) is 2.50. The molecular formula is C10H12N2OS. The van der Waals surface area contributed by atoms with Crippen LogP contribution in [0.3, 0.4) is 0 Å². The maximum Gasteiger partial charge on any atom is 0.253 e. The molecule has 0 aromatic heterocycles. The fourth-order valence-electron chi connectivity index (χ4n) is 1.44. The van der Waals surface area contributed by atoms with Gasteiger partial charge in [0, 0.05) is 10.6 Å². The van der Waals surface area contributed by atoms with Gasteiger partial charge in [-0.3, -0.25) is 4.79 Å². The number of primary amides is 1. The Morgan fingerprint density at radius 2 is 2.29 bits per heavy atom. The lowest BCUT2D eigenvalue weighted by Gasteiger charge is -2.18. The van der Waals surface area contributed by atoms with Crippen molar-refractivity contribution in [2.24, 2.45) is 5.73 Å². The van der Waals surface area contributed by atoms with Crippen molar-refractivity contribution in [1.82, 2.24) is 0 Å². The summed E-state index contributed by atoms with van der Waals surface area (Å²) < 4.78 is 0. The highest BCUT2D eigenvalue weighted by Crippen LogP contribution is 2.45. The molecule has 74 valence electrons. The van der Waals surface area contributed by atoms with Gasteiger partial charge in [-0.2, -0.15) is 0 Å². The van der Waals surface area contributed by atoms with E-state index in [0.717, 1.165) is 10.6 Å². The Morgan fingerprint density at radius 3 is 2.93 bits per heavy atom. The monoisotopic (exact) mass is 208 g/mol. The first kappa shape index (κ1) is 9.40. The summed E-state index contributed by atoms with van der Waals surface area (Å²) >= 11 is 1.47. The molecule has 0 saturated heterocycles. The zero-order chi connectivity index (χ0) is 10.3. The van der Waals surface area contributed by atoms with Crippen LogP contribution in [0.2, 0.25) is 0 Å². The molecule has 1 aliphatic heterocycles. The summed E-state index contributed by atoms with van der Waals surface area (Å²) in [5.74, 6) is -0.337. The molecule has 0 spiro atoms. The van der Waals surface area contributed by atoms with E-state index in [1.165, 1.54) is 17.3 Å². The van der Waals surface area contributed by atoms with Crippen LogP contribution >= 0.6 is 11.8 Å². The summed E-state index contributed by atoms with van der Waals surface area (Å²) in [6.07, 6.45) is 0. The van der Waals surface area contributed by atoms with Crippen LogP contribution in [-0.4, -0.2) is 10.8 Å². The van der Waals surface area contributed by atoms with Crippen LogP contribution in [-0.2, 0) is 4.79 Å². The van der Waals surface area contributed by atoms with Crippen molar-refractivity contribution in [2.45, 2.75) is 23.6 Å². The molecule has 1 atom stereocenters. The highest BCUT2D eigenvalue weighted by Gasteiger charge is 2.38. The van der Waals surface area contributed by atoms with E-state index in [1.807, 2.05) is 25.1 Å². The Hall–Kier alpha value is -1.16. The molecule has 2 rings (SSSR count). The van der Waals surface area contributed by atoms with E-state index in [9.17, 15) is 4.79 Å². The molecule has 0 radical (unpaired) electrons. The highest BCUT2D eigenvalue weighted by molar-refractivity contribution is 8.02. The van der Waals surface area contributed by atoms with Crippen LogP contribution < -0.4 is 11.1 Å². The number of anilines is 1. The second-order valence-corrected chi connectivity index (χ2v) is 5.08. The van der Waals surface area contributed by atoms with Crippen LogP contribution in [0.1, 0.15) is 12.5 Å². The standard InChI is InChI=1S/C10H12N2OS/c1-6-3-4-8-7(5-6)12-10(2,14-8)9(11)13/h3-5,12H,1-2H3,(H2,11,13). The first-order chi connectivity index (χ1) is 6.51. The number of aryl methyl sites for hydroxylation is 1. The molecule has 0 fully saturated rings. The minimum Gasteiger partial charge on any atom is -0.367 e. The van der Waals surface area contributed by atoms with Gasteiger partial charge in [-0.1, -0.05) is 17.8 Å². The minimum atomic E-state index is -0.698. The average Bonchev–Trinajstić information content (AvgIpc) is 2.42. The van der Waals surface area contributed by atoms with Crippen LogP contribution in [0, 0.1) is 6.92 Å². The van der Waals surface area contributed by atoms with Crippen molar-refractivity contribution in [2.75, 3.05) is 5.32 Å². The number of carbonyl (C=O) groups is 1. The fraction of sp³-hybridized carbons (Fsp3) is 0.300. The number of rotatable bonds is 1. The molecule has 1 aromatic rings. The molecule has 4 heteroatoms. The van der Waals surface area contributed by atoms with E-state index in [4.69, 9.17) is 5.73 Å². The first-order valence-corrected chi connectivity index (χ1v) is 5.21. The number of nitrogens with one attached hydrogen (secondary N) is 1. The summed E-state index contributed by atoms with van der Waals surface area (Å²) in [6.45, 7) is 3.82. The van der Waals surface area contributed by atoms with Crippen molar-refractivity contribution < 1.29 is 4.79 Å². The normalized spacial score (nSPS) is 24.1. The SMILES string of the molecule is Cc1ccc2c(c1)NC(C)(C(N)=O)S2. The van der Waals surface area contributed by atoms with Crippen molar-refractivity contribution in [3.8, 4) is 0 Å². The smallest absolute Gasteiger partial charge is 0.253 e. The molecule has 1 heterocycles. The van der Waals surface area contributed by atoms with E-state index in [-0.39, 0.29) is 5.91 Å². The average molecular weight is 208 g/mol. The minimum absolute atomic E-state index is 0.337. The molecular weight excluding hydrogens is 196 g/mol. The molecule has 0 bridgehead atoms. The number of benzene rings is 1. The maximum absolute atomic E-state index is 11.2. The molecule has 1 unspecified atom stereocenters. The van der Waals surface area contributed by atoms with Gasteiger partial charge < -0.3 is 11.1 Å². The Balaban J connectivity index is 2.39. The third-order valence-electron chi connectivity index (χ3n) is 2.29. The van der Waals surface area contributed by atoms with Gasteiger partial charge in [-0.25, -0.2) is 0 Å². The number of thioether (sulfide) groups is 1. The lowest BCUT2D eigenvalue weighted by molar-refractivity contribution is -0.119. The summed E-state index contributed by atoms with van der Waals surface area (Å²) in [5.41, 5.74) is 7.50. The van der Waals surface area contributed by atoms with Crippen LogP contribution in [0.5, 0.6) is 0 Å². The van der Waals surface area contributed by atoms with Gasteiger partial charge in [-0.15, -0.1) is 0 Å². The number of hydrogen-bond donors (Lipinski definition) is 2. The predicted molar refractivity (Wildman–Crippen MR) is 58.3 cm³/mol. The summed E-state index contributed by atoms with van der Waals surface area (Å²) in [5, 5.41) is 3.14. The Labute approximate surface area is 87.1 Å². The van der Waals surface area contributed by atoms with Crippen molar-refractivity contribution in [3.63, 3.8) is 0 Å². The highest BCUT2D eigenvalue weighted by atomic mass is 32.2. The number of carbonyl (C=O) groups excluding carboxylic acids is 1. The van der Waals surface area contributed by atoms with E-state index >= 15 is 0 Å². The lowest BCUT2D eigenvalue weighted by atomic mass is 10.2. The maximum atomic E-state index is 11.2. The molecule has 14 heavy (non-hydrogen) atoms. The molecule has 1 aliphatic rings. The van der Waals surface area contributed by atoms with Gasteiger partial charge in [0.25, 0.3) is 5.91 Å². The molecule has 0 aliphatic carbocycles. The molecule has 1 amide bonds. The summed E-state index contributed by atoms with van der Waals surface area (Å²) in [6, 6.07) is 6.06. The second-order valence-electron chi connectivity index (χ2n) is 3.62. The van der Waals surface area contributed by atoms with Crippen LogP contribution in [0.15, 0.2) is 23.1 Å². The number of hydrogen-bond acceptors (Lipinski definition) is 3. The van der Waals surface area contributed by atoms with Gasteiger partial charge in [0.15, 0.2) is 4.87 Å². The molecule has 3 nitrogen and oxygen atoms in total. The number of fused-ring (bicyclic) bond motifs is 1. The Kier molecular flexibility index (Phi) is 1.96. The van der Waals surface area contributed by atoms with E-state index in [2.05, 4.69) is 5.32 Å². The van der Waals surface area contributed by atoms with Gasteiger partial charge in [0.1, 0.15) is 0 Å². The molecule has 1 aromatic carbocycles. The third-order valence-corrected chi connectivity index (χ3v) is 3.58. The van der Waals surface area contributed by atoms with Crippen LogP contribution in [0.4, 0.5) is 5.69 Å². The zero-order valence-electron chi connectivity index (χ0n) is 8.13. The number of amides is 1. The van der Waals surface area contributed by atoms with Crippen LogP contribution in [0.25, 0.3) is 0 Å². The zero-order valence-corrected chi connectivity index (χ0v) is 8.94. The van der Waals surface area contributed by atoms with Gasteiger partial charge in [-0.05, 0) is 31.5 Å². The van der Waals surface area contributed by atoms with E-state index in [0.29, 0.717) is 0 Å². The molecule has 0 saturated carbocycles. The largest absolute Gasteiger partial charge is 0.367 e. The van der Waals surface area contributed by atoms with Gasteiger partial charge in [0.05, 0.1) is 0 Å². The lowest BCUT2D eigenvalue weighted by Crippen LogP contribution is -2.42. The van der Waals surface area contributed by atoms with Gasteiger partial charge in [0.2, 0.25) is 0 Å². The quantitative estimate of drug-likeness (QED) is 0.738. The summed E-state index contributed by atoms with van der Waals surface area (Å²) in [7, 11) is 0. The van der Waals surface area contributed by atoms with E-state index < -0.39 is 4.87 Å². The van der Waals surface area contributed by atoms with Crippen molar-refractivity contribution in [1.29, 1.82) is 0 Å². The predicted octanol–water partition coefficient (Wildman–Crippen LogP) is 1.71. The Morgan fingerprint density at radius 1 is 1.57 bits per heavy atom.